The van der Waals surface area contributed by atoms with Gasteiger partial charge in [0.25, 0.3) is 0 Å². The molecule has 8 heteroatoms. The minimum absolute atomic E-state index is 0.0260. The molecule has 6 nitrogen and oxygen atoms in total. The summed E-state index contributed by atoms with van der Waals surface area (Å²) >= 11 is 1.03. The van der Waals surface area contributed by atoms with E-state index in [0.29, 0.717) is 18.0 Å². The lowest BCUT2D eigenvalue weighted by Gasteiger charge is -2.25. The lowest BCUT2D eigenvalue weighted by Crippen LogP contribution is -2.31. The highest BCUT2D eigenvalue weighted by atomic mass is 32.2. The number of thioether (sulfide) groups is 1. The van der Waals surface area contributed by atoms with E-state index >= 15 is 0 Å². The molecule has 1 atom stereocenters. The van der Waals surface area contributed by atoms with Gasteiger partial charge in [0.1, 0.15) is 11.6 Å². The number of amides is 2. The third-order valence-electron chi connectivity index (χ3n) is 4.45. The van der Waals surface area contributed by atoms with Crippen molar-refractivity contribution in [2.75, 3.05) is 17.7 Å². The molecule has 2 aromatic carbocycles. The van der Waals surface area contributed by atoms with Gasteiger partial charge in [0.15, 0.2) is 0 Å². The number of para-hydroxylation sites is 2. The fraction of sp³-hybridized carbons (Fsp3) is 0.227. The van der Waals surface area contributed by atoms with Gasteiger partial charge in [-0.05, 0) is 30.7 Å². The fourth-order valence-electron chi connectivity index (χ4n) is 3.13. The molecule has 2 aromatic rings. The zero-order valence-corrected chi connectivity index (χ0v) is 17.1. The maximum atomic E-state index is 14.2. The van der Waals surface area contributed by atoms with E-state index in [9.17, 15) is 19.2 Å². The zero-order chi connectivity index (χ0) is 21.5. The van der Waals surface area contributed by atoms with E-state index in [2.05, 4.69) is 16.7 Å². The Morgan fingerprint density at radius 1 is 1.30 bits per heavy atom. The van der Waals surface area contributed by atoms with Gasteiger partial charge in [-0.25, -0.2) is 4.39 Å². The Morgan fingerprint density at radius 2 is 2.03 bits per heavy atom. The Labute approximate surface area is 178 Å². The molecule has 0 aromatic heterocycles. The van der Waals surface area contributed by atoms with Gasteiger partial charge in [-0.2, -0.15) is 5.26 Å². The first-order chi connectivity index (χ1) is 14.5. The molecule has 0 aliphatic carbocycles. The topological polar surface area (TPSA) is 91.2 Å². The van der Waals surface area contributed by atoms with Crippen molar-refractivity contribution in [3.8, 4) is 11.8 Å². The number of carbonyl (C=O) groups excluding carboxylic acids is 2. The van der Waals surface area contributed by atoms with Crippen LogP contribution in [0.2, 0.25) is 0 Å². The number of nitrogens with one attached hydrogen (secondary N) is 2. The average Bonchev–Trinajstić information content (AvgIpc) is 2.74. The van der Waals surface area contributed by atoms with Crippen molar-refractivity contribution in [3.63, 3.8) is 0 Å². The molecule has 154 valence electrons. The Kier molecular flexibility index (Phi) is 7.09. The molecule has 1 heterocycles. The van der Waals surface area contributed by atoms with Crippen molar-refractivity contribution in [2.45, 2.75) is 19.3 Å². The van der Waals surface area contributed by atoms with Crippen LogP contribution in [0, 0.1) is 17.1 Å². The van der Waals surface area contributed by atoms with E-state index in [1.54, 1.807) is 42.5 Å². The summed E-state index contributed by atoms with van der Waals surface area (Å²) in [7, 11) is 0. The average molecular weight is 425 g/mol. The van der Waals surface area contributed by atoms with Crippen LogP contribution in [0.5, 0.6) is 5.75 Å². The second-order valence-electron chi connectivity index (χ2n) is 6.45. The van der Waals surface area contributed by atoms with Gasteiger partial charge in [0, 0.05) is 12.3 Å². The van der Waals surface area contributed by atoms with Crippen LogP contribution in [0.3, 0.4) is 0 Å². The van der Waals surface area contributed by atoms with Crippen LogP contribution >= 0.6 is 11.8 Å². The van der Waals surface area contributed by atoms with Crippen LogP contribution in [0.15, 0.2) is 59.1 Å². The second kappa shape index (κ2) is 9.94. The van der Waals surface area contributed by atoms with Crippen LogP contribution in [-0.4, -0.2) is 24.2 Å². The molecular formula is C22H20FN3O3S. The molecule has 1 unspecified atom stereocenters. The van der Waals surface area contributed by atoms with Crippen molar-refractivity contribution in [2.24, 2.45) is 0 Å². The summed E-state index contributed by atoms with van der Waals surface area (Å²) in [5.74, 6) is -1.29. The molecule has 0 saturated heterocycles. The second-order valence-corrected chi connectivity index (χ2v) is 7.43. The van der Waals surface area contributed by atoms with Crippen LogP contribution in [0.1, 0.15) is 24.8 Å². The summed E-state index contributed by atoms with van der Waals surface area (Å²) < 4.78 is 19.7. The smallest absolute Gasteiger partial charge is 0.234 e. The van der Waals surface area contributed by atoms with E-state index in [4.69, 9.17) is 4.74 Å². The Balaban J connectivity index is 1.76. The Bertz CT molecular complexity index is 1030. The van der Waals surface area contributed by atoms with Crippen LogP contribution in [0.25, 0.3) is 0 Å². The third kappa shape index (κ3) is 4.99. The molecule has 0 radical (unpaired) electrons. The number of nitrogens with zero attached hydrogens (tertiary/aromatic N) is 1. The van der Waals surface area contributed by atoms with E-state index < -0.39 is 11.7 Å². The fourth-order valence-corrected chi connectivity index (χ4v) is 4.01. The predicted octanol–water partition coefficient (Wildman–Crippen LogP) is 3.93. The van der Waals surface area contributed by atoms with Crippen LogP contribution < -0.4 is 15.4 Å². The molecule has 0 fully saturated rings. The first kappa shape index (κ1) is 21.4. The lowest BCUT2D eigenvalue weighted by molar-refractivity contribution is -0.121. The monoisotopic (exact) mass is 425 g/mol. The summed E-state index contributed by atoms with van der Waals surface area (Å²) in [6.07, 6.45) is -0.0260. The lowest BCUT2D eigenvalue weighted by atomic mass is 9.87. The van der Waals surface area contributed by atoms with Gasteiger partial charge < -0.3 is 15.4 Å². The highest BCUT2D eigenvalue weighted by Gasteiger charge is 2.31. The zero-order valence-electron chi connectivity index (χ0n) is 16.3. The predicted molar refractivity (Wildman–Crippen MR) is 113 cm³/mol. The van der Waals surface area contributed by atoms with Crippen molar-refractivity contribution in [1.29, 1.82) is 5.26 Å². The number of hydrogen-bond acceptors (Lipinski definition) is 5. The summed E-state index contributed by atoms with van der Waals surface area (Å²) in [4.78, 5) is 24.6. The van der Waals surface area contributed by atoms with E-state index in [1.165, 1.54) is 6.07 Å². The SMILES string of the molecule is CCOc1ccccc1NC(=O)CSC1=C(C#N)C(c2ccccc2F)CC(=O)N1. The maximum Gasteiger partial charge on any atom is 0.234 e. The minimum Gasteiger partial charge on any atom is -0.492 e. The van der Waals surface area contributed by atoms with Crippen LogP contribution in [0.4, 0.5) is 10.1 Å². The number of ether oxygens (including phenoxy) is 1. The summed E-state index contributed by atoms with van der Waals surface area (Å²) in [5, 5.41) is 15.3. The maximum absolute atomic E-state index is 14.2. The molecule has 2 amide bonds. The first-order valence-corrected chi connectivity index (χ1v) is 10.3. The van der Waals surface area contributed by atoms with Crippen molar-refractivity contribution >= 4 is 29.3 Å². The number of halogens is 1. The Morgan fingerprint density at radius 3 is 2.77 bits per heavy atom. The molecule has 3 rings (SSSR count). The van der Waals surface area contributed by atoms with Gasteiger partial charge in [-0.3, -0.25) is 9.59 Å². The Hall–Kier alpha value is -3.31. The highest BCUT2D eigenvalue weighted by molar-refractivity contribution is 8.03. The van der Waals surface area contributed by atoms with E-state index in [-0.39, 0.29) is 40.2 Å². The van der Waals surface area contributed by atoms with Gasteiger partial charge in [-0.1, -0.05) is 42.1 Å². The molecule has 2 N–H and O–H groups in total. The summed E-state index contributed by atoms with van der Waals surface area (Å²) in [5.41, 5.74) is 1.07. The normalized spacial score (nSPS) is 15.9. The summed E-state index contributed by atoms with van der Waals surface area (Å²) in [6.45, 7) is 2.31. The molecule has 30 heavy (non-hydrogen) atoms. The van der Waals surface area contributed by atoms with E-state index in [0.717, 1.165) is 11.8 Å². The van der Waals surface area contributed by atoms with Crippen molar-refractivity contribution in [3.05, 3.63) is 70.5 Å². The first-order valence-electron chi connectivity index (χ1n) is 9.36. The van der Waals surface area contributed by atoms with Gasteiger partial charge >= 0.3 is 0 Å². The molecule has 0 saturated carbocycles. The molecule has 1 aliphatic heterocycles. The van der Waals surface area contributed by atoms with Gasteiger partial charge in [0.05, 0.1) is 34.7 Å². The molecule has 1 aliphatic rings. The van der Waals surface area contributed by atoms with Gasteiger partial charge in [-0.15, -0.1) is 0 Å². The highest BCUT2D eigenvalue weighted by Crippen LogP contribution is 2.37. The number of hydrogen-bond donors (Lipinski definition) is 2. The number of nitriles is 1. The molecule has 0 spiro atoms. The standard InChI is InChI=1S/C22H20FN3O3S/c1-2-29-19-10-6-5-9-18(19)25-21(28)13-30-22-16(12-24)15(11-20(27)26-22)14-7-3-4-8-17(14)23/h3-10,15H,2,11,13H2,1H3,(H,25,28)(H,26,27). The number of allylic oxidation sites excluding steroid dienone is 1. The largest absolute Gasteiger partial charge is 0.492 e. The quantitative estimate of drug-likeness (QED) is 0.701. The molecular weight excluding hydrogens is 405 g/mol. The van der Waals surface area contributed by atoms with Gasteiger partial charge in [0.2, 0.25) is 11.8 Å². The number of rotatable bonds is 7. The van der Waals surface area contributed by atoms with Crippen molar-refractivity contribution in [1.82, 2.24) is 5.32 Å². The van der Waals surface area contributed by atoms with Crippen molar-refractivity contribution < 1.29 is 18.7 Å². The van der Waals surface area contributed by atoms with E-state index in [1.807, 2.05) is 6.92 Å². The number of carbonyl (C=O) groups is 2. The number of anilines is 1. The number of benzene rings is 2. The summed E-state index contributed by atoms with van der Waals surface area (Å²) in [6, 6.07) is 15.2. The minimum atomic E-state index is -0.686. The third-order valence-corrected chi connectivity index (χ3v) is 5.46. The van der Waals surface area contributed by atoms with Crippen LogP contribution in [-0.2, 0) is 9.59 Å². The molecule has 0 bridgehead atoms.